The second kappa shape index (κ2) is 7.47. The third-order valence-corrected chi connectivity index (χ3v) is 6.91. The van der Waals surface area contributed by atoms with Crippen molar-refractivity contribution in [3.05, 3.63) is 24.3 Å². The molecule has 7 heteroatoms. The largest absolute Gasteiger partial charge is 0.481 e. The number of ether oxygens (including phenoxy) is 1. The predicted octanol–water partition coefficient (Wildman–Crippen LogP) is 2.54. The molecule has 0 saturated heterocycles. The van der Waals surface area contributed by atoms with E-state index in [-0.39, 0.29) is 5.91 Å². The summed E-state index contributed by atoms with van der Waals surface area (Å²) in [6.07, 6.45) is 6.08. The SMILES string of the molecule is CC[C@H](Oc1ccc(N(C)S(C)(=O)=O)cc1)C(=O)N[C@H]1C[C@H]2CC[C@H]1C2. The summed E-state index contributed by atoms with van der Waals surface area (Å²) in [7, 11) is -1.80. The molecule has 0 unspecified atom stereocenters. The zero-order valence-electron chi connectivity index (χ0n) is 15.6. The van der Waals surface area contributed by atoms with Crippen molar-refractivity contribution >= 4 is 21.6 Å². The number of hydrogen-bond donors (Lipinski definition) is 1. The first-order valence-electron chi connectivity index (χ1n) is 9.29. The molecule has 1 aromatic rings. The van der Waals surface area contributed by atoms with Gasteiger partial charge in [0.1, 0.15) is 5.75 Å². The Morgan fingerprint density at radius 2 is 1.96 bits per heavy atom. The summed E-state index contributed by atoms with van der Waals surface area (Å²) >= 11 is 0. The molecule has 26 heavy (non-hydrogen) atoms. The molecule has 6 nitrogen and oxygen atoms in total. The first kappa shape index (κ1) is 19.0. The van der Waals surface area contributed by atoms with Crippen LogP contribution < -0.4 is 14.4 Å². The molecule has 1 aromatic carbocycles. The number of benzene rings is 1. The lowest BCUT2D eigenvalue weighted by molar-refractivity contribution is -0.129. The number of amides is 1. The van der Waals surface area contributed by atoms with Crippen molar-refractivity contribution in [2.24, 2.45) is 11.8 Å². The maximum atomic E-state index is 12.6. The van der Waals surface area contributed by atoms with E-state index in [2.05, 4.69) is 5.32 Å². The van der Waals surface area contributed by atoms with E-state index >= 15 is 0 Å². The molecule has 1 N–H and O–H groups in total. The van der Waals surface area contributed by atoms with Crippen LogP contribution in [-0.4, -0.2) is 39.8 Å². The Morgan fingerprint density at radius 3 is 2.46 bits per heavy atom. The summed E-state index contributed by atoms with van der Waals surface area (Å²) in [5, 5.41) is 3.18. The highest BCUT2D eigenvalue weighted by atomic mass is 32.2. The first-order chi connectivity index (χ1) is 12.3. The molecule has 0 spiro atoms. The fraction of sp³-hybridized carbons (Fsp3) is 0.632. The number of rotatable bonds is 7. The van der Waals surface area contributed by atoms with Crippen LogP contribution in [0.15, 0.2) is 24.3 Å². The number of hydrogen-bond acceptors (Lipinski definition) is 4. The number of anilines is 1. The molecule has 2 fully saturated rings. The van der Waals surface area contributed by atoms with Crippen LogP contribution in [0.5, 0.6) is 5.75 Å². The van der Waals surface area contributed by atoms with Gasteiger partial charge in [-0.2, -0.15) is 0 Å². The number of fused-ring (bicyclic) bond motifs is 2. The van der Waals surface area contributed by atoms with E-state index in [1.807, 2.05) is 6.92 Å². The van der Waals surface area contributed by atoms with Crippen molar-refractivity contribution < 1.29 is 17.9 Å². The highest BCUT2D eigenvalue weighted by Gasteiger charge is 2.40. The predicted molar refractivity (Wildman–Crippen MR) is 102 cm³/mol. The second-order valence-electron chi connectivity index (χ2n) is 7.53. The van der Waals surface area contributed by atoms with Gasteiger partial charge in [-0.1, -0.05) is 13.3 Å². The minimum Gasteiger partial charge on any atom is -0.481 e. The smallest absolute Gasteiger partial charge is 0.261 e. The normalized spacial score (nSPS) is 25.7. The van der Waals surface area contributed by atoms with E-state index in [1.165, 1.54) is 30.6 Å². The third-order valence-electron chi connectivity index (χ3n) is 5.71. The van der Waals surface area contributed by atoms with Crippen LogP contribution in [0.2, 0.25) is 0 Å². The van der Waals surface area contributed by atoms with E-state index in [9.17, 15) is 13.2 Å². The van der Waals surface area contributed by atoms with E-state index < -0.39 is 16.1 Å². The summed E-state index contributed by atoms with van der Waals surface area (Å²) in [6, 6.07) is 7.05. The Hall–Kier alpha value is -1.76. The number of carbonyl (C=O) groups is 1. The lowest BCUT2D eigenvalue weighted by atomic mass is 9.95. The third kappa shape index (κ3) is 4.14. The molecule has 0 aliphatic heterocycles. The van der Waals surface area contributed by atoms with Crippen LogP contribution >= 0.6 is 0 Å². The minimum absolute atomic E-state index is 0.0534. The highest BCUT2D eigenvalue weighted by Crippen LogP contribution is 2.44. The van der Waals surface area contributed by atoms with Crippen molar-refractivity contribution in [1.29, 1.82) is 0 Å². The molecule has 2 aliphatic rings. The van der Waals surface area contributed by atoms with Gasteiger partial charge >= 0.3 is 0 Å². The van der Waals surface area contributed by atoms with Crippen LogP contribution in [0.25, 0.3) is 0 Å². The van der Waals surface area contributed by atoms with E-state index in [4.69, 9.17) is 4.74 Å². The molecule has 0 heterocycles. The Labute approximate surface area is 156 Å². The average molecular weight is 381 g/mol. The lowest BCUT2D eigenvalue weighted by Crippen LogP contribution is -2.45. The highest BCUT2D eigenvalue weighted by molar-refractivity contribution is 7.92. The molecule has 0 radical (unpaired) electrons. The van der Waals surface area contributed by atoms with Gasteiger partial charge in [0.25, 0.3) is 5.91 Å². The van der Waals surface area contributed by atoms with Gasteiger partial charge < -0.3 is 10.1 Å². The summed E-state index contributed by atoms with van der Waals surface area (Å²) in [5.41, 5.74) is 0.555. The Morgan fingerprint density at radius 1 is 1.27 bits per heavy atom. The van der Waals surface area contributed by atoms with Gasteiger partial charge in [-0.05, 0) is 61.8 Å². The molecular formula is C19H28N2O4S. The molecule has 2 bridgehead atoms. The first-order valence-corrected chi connectivity index (χ1v) is 11.1. The molecular weight excluding hydrogens is 352 g/mol. The fourth-order valence-electron chi connectivity index (χ4n) is 4.11. The van der Waals surface area contributed by atoms with Gasteiger partial charge in [0.15, 0.2) is 6.10 Å². The summed E-state index contributed by atoms with van der Waals surface area (Å²) in [5.74, 6) is 1.92. The standard InChI is InChI=1S/C19H28N2O4S/c1-4-18(19(22)20-17-12-13-5-6-14(17)11-13)25-16-9-7-15(8-10-16)21(2)26(3,23)24/h7-10,13-14,17-18H,4-6,11-12H2,1-3H3,(H,20,22)/t13-,14-,17-,18-/m0/s1. The summed E-state index contributed by atoms with van der Waals surface area (Å²) in [4.78, 5) is 12.6. The fourth-order valence-corrected chi connectivity index (χ4v) is 4.61. The van der Waals surface area contributed by atoms with Gasteiger partial charge in [0.05, 0.1) is 11.9 Å². The van der Waals surface area contributed by atoms with Crippen molar-refractivity contribution in [3.8, 4) is 5.75 Å². The van der Waals surface area contributed by atoms with Crippen molar-refractivity contribution in [3.63, 3.8) is 0 Å². The number of nitrogens with zero attached hydrogens (tertiary/aromatic N) is 1. The van der Waals surface area contributed by atoms with Gasteiger partial charge in [-0.15, -0.1) is 0 Å². The van der Waals surface area contributed by atoms with Crippen LogP contribution in [-0.2, 0) is 14.8 Å². The number of sulfonamides is 1. The summed E-state index contributed by atoms with van der Waals surface area (Å²) < 4.78 is 30.2. The lowest BCUT2D eigenvalue weighted by Gasteiger charge is -2.26. The summed E-state index contributed by atoms with van der Waals surface area (Å²) in [6.45, 7) is 1.93. The van der Waals surface area contributed by atoms with Crippen LogP contribution in [0.1, 0.15) is 39.0 Å². The van der Waals surface area contributed by atoms with Gasteiger partial charge in [-0.3, -0.25) is 9.10 Å². The number of nitrogens with one attached hydrogen (secondary N) is 1. The zero-order chi connectivity index (χ0) is 18.9. The molecule has 3 rings (SSSR count). The van der Waals surface area contributed by atoms with Crippen molar-refractivity contribution in [2.75, 3.05) is 17.6 Å². The number of carbonyl (C=O) groups excluding carboxylic acids is 1. The van der Waals surface area contributed by atoms with E-state index in [0.29, 0.717) is 29.8 Å². The topological polar surface area (TPSA) is 75.7 Å². The second-order valence-corrected chi connectivity index (χ2v) is 9.54. The van der Waals surface area contributed by atoms with E-state index in [0.717, 1.165) is 18.6 Å². The maximum Gasteiger partial charge on any atom is 0.261 e. The molecule has 0 aromatic heterocycles. The zero-order valence-corrected chi connectivity index (χ0v) is 16.5. The van der Waals surface area contributed by atoms with Crippen LogP contribution in [0.3, 0.4) is 0 Å². The molecule has 2 saturated carbocycles. The minimum atomic E-state index is -3.30. The van der Waals surface area contributed by atoms with E-state index in [1.54, 1.807) is 24.3 Å². The monoisotopic (exact) mass is 380 g/mol. The molecule has 2 aliphatic carbocycles. The van der Waals surface area contributed by atoms with Crippen molar-refractivity contribution in [1.82, 2.24) is 5.32 Å². The maximum absolute atomic E-state index is 12.6. The van der Waals surface area contributed by atoms with Crippen LogP contribution in [0, 0.1) is 11.8 Å². The average Bonchev–Trinajstić information content (AvgIpc) is 3.21. The molecule has 1 amide bonds. The van der Waals surface area contributed by atoms with Crippen LogP contribution in [0.4, 0.5) is 5.69 Å². The quantitative estimate of drug-likeness (QED) is 0.789. The van der Waals surface area contributed by atoms with Crippen molar-refractivity contribution in [2.45, 2.75) is 51.2 Å². The molecule has 144 valence electrons. The Balaban J connectivity index is 1.60. The van der Waals surface area contributed by atoms with Gasteiger partial charge in [0, 0.05) is 13.1 Å². The van der Waals surface area contributed by atoms with Gasteiger partial charge in [0.2, 0.25) is 10.0 Å². The Kier molecular flexibility index (Phi) is 5.46. The molecule has 4 atom stereocenters. The Bertz CT molecular complexity index is 747. The van der Waals surface area contributed by atoms with Gasteiger partial charge in [-0.25, -0.2) is 8.42 Å².